The maximum absolute atomic E-state index is 12.1. The van der Waals surface area contributed by atoms with Crippen molar-refractivity contribution in [1.82, 2.24) is 9.55 Å². The Morgan fingerprint density at radius 3 is 2.85 bits per heavy atom. The van der Waals surface area contributed by atoms with Crippen molar-refractivity contribution in [3.8, 4) is 0 Å². The third-order valence-electron chi connectivity index (χ3n) is 4.38. The van der Waals surface area contributed by atoms with Crippen LogP contribution in [0.1, 0.15) is 37.5 Å². The minimum Gasteiger partial charge on any atom is -0.480 e. The van der Waals surface area contributed by atoms with Gasteiger partial charge in [-0.2, -0.15) is 16.7 Å². The SMILES string of the molecule is Nc1nc(=O)n([C@H]2C[C@H](O)[C@@H](CO)O2)cc1CSCCCC[C@H](N)C(=O)O. The molecule has 1 saturated heterocycles. The van der Waals surface area contributed by atoms with E-state index in [1.54, 1.807) is 18.0 Å². The zero-order chi connectivity index (χ0) is 20.0. The Kier molecular flexibility index (Phi) is 8.05. The molecule has 10 nitrogen and oxygen atoms in total. The molecule has 1 aliphatic rings. The number of unbranched alkanes of at least 4 members (excludes halogenated alkanes) is 1. The van der Waals surface area contributed by atoms with E-state index in [9.17, 15) is 14.7 Å². The van der Waals surface area contributed by atoms with Crippen LogP contribution in [0.25, 0.3) is 0 Å². The molecular weight excluding hydrogens is 376 g/mol. The summed E-state index contributed by atoms with van der Waals surface area (Å²) in [6.07, 6.45) is 1.45. The van der Waals surface area contributed by atoms with Crippen molar-refractivity contribution >= 4 is 23.5 Å². The van der Waals surface area contributed by atoms with Gasteiger partial charge in [0.25, 0.3) is 0 Å². The van der Waals surface area contributed by atoms with Crippen LogP contribution in [-0.2, 0) is 15.3 Å². The first-order chi connectivity index (χ1) is 12.8. The minimum absolute atomic E-state index is 0.147. The summed E-state index contributed by atoms with van der Waals surface area (Å²) in [6.45, 7) is -0.330. The zero-order valence-electron chi connectivity index (χ0n) is 14.9. The first-order valence-electron chi connectivity index (χ1n) is 8.71. The van der Waals surface area contributed by atoms with Gasteiger partial charge in [0.15, 0.2) is 0 Å². The highest BCUT2D eigenvalue weighted by Crippen LogP contribution is 2.28. The lowest BCUT2D eigenvalue weighted by molar-refractivity contribution is -0.138. The summed E-state index contributed by atoms with van der Waals surface area (Å²) in [7, 11) is 0. The molecule has 0 saturated carbocycles. The van der Waals surface area contributed by atoms with Gasteiger partial charge in [0.05, 0.1) is 12.7 Å². The zero-order valence-corrected chi connectivity index (χ0v) is 15.7. The van der Waals surface area contributed by atoms with E-state index >= 15 is 0 Å². The molecule has 2 heterocycles. The summed E-state index contributed by atoms with van der Waals surface area (Å²) in [5.74, 6) is 0.471. The predicted octanol–water partition coefficient (Wildman–Crippen LogP) is -0.718. The molecule has 0 unspecified atom stereocenters. The molecule has 7 N–H and O–H groups in total. The average Bonchev–Trinajstić information content (AvgIpc) is 2.99. The highest BCUT2D eigenvalue weighted by atomic mass is 32.2. The first kappa shape index (κ1) is 21.6. The Morgan fingerprint density at radius 1 is 1.48 bits per heavy atom. The summed E-state index contributed by atoms with van der Waals surface area (Å²) in [4.78, 5) is 26.6. The van der Waals surface area contributed by atoms with E-state index in [2.05, 4.69) is 4.98 Å². The van der Waals surface area contributed by atoms with Crippen molar-refractivity contribution in [1.29, 1.82) is 0 Å². The van der Waals surface area contributed by atoms with Crippen LogP contribution in [0.3, 0.4) is 0 Å². The predicted molar refractivity (Wildman–Crippen MR) is 100 cm³/mol. The van der Waals surface area contributed by atoms with E-state index in [4.69, 9.17) is 26.4 Å². The van der Waals surface area contributed by atoms with Gasteiger partial charge in [0, 0.05) is 23.9 Å². The second kappa shape index (κ2) is 10.0. The van der Waals surface area contributed by atoms with Crippen LogP contribution < -0.4 is 17.2 Å². The molecule has 0 aromatic carbocycles. The number of nitrogen functional groups attached to an aromatic ring is 1. The van der Waals surface area contributed by atoms with Gasteiger partial charge in [-0.15, -0.1) is 0 Å². The fraction of sp³-hybridized carbons (Fsp3) is 0.688. The molecule has 0 radical (unpaired) electrons. The van der Waals surface area contributed by atoms with Crippen molar-refractivity contribution in [3.05, 3.63) is 22.2 Å². The van der Waals surface area contributed by atoms with Gasteiger partial charge in [-0.1, -0.05) is 6.42 Å². The number of rotatable bonds is 10. The third kappa shape index (κ3) is 5.91. The quantitative estimate of drug-likeness (QED) is 0.314. The van der Waals surface area contributed by atoms with Crippen molar-refractivity contribution in [2.24, 2.45) is 5.73 Å². The lowest BCUT2D eigenvalue weighted by atomic mass is 10.1. The second-order valence-electron chi connectivity index (χ2n) is 6.45. The van der Waals surface area contributed by atoms with Gasteiger partial charge < -0.3 is 31.5 Å². The van der Waals surface area contributed by atoms with E-state index in [0.717, 1.165) is 12.2 Å². The van der Waals surface area contributed by atoms with Crippen LogP contribution in [0.4, 0.5) is 5.82 Å². The van der Waals surface area contributed by atoms with Crippen molar-refractivity contribution in [3.63, 3.8) is 0 Å². The number of ether oxygens (including phenoxy) is 1. The first-order valence-corrected chi connectivity index (χ1v) is 9.87. The lowest BCUT2D eigenvalue weighted by Crippen LogP contribution is -2.29. The lowest BCUT2D eigenvalue weighted by Gasteiger charge is -2.16. The number of carboxylic acids is 1. The molecule has 1 aromatic rings. The molecule has 0 spiro atoms. The molecule has 0 aliphatic carbocycles. The Morgan fingerprint density at radius 2 is 2.22 bits per heavy atom. The minimum atomic E-state index is -0.994. The van der Waals surface area contributed by atoms with E-state index in [0.29, 0.717) is 24.2 Å². The number of nitrogens with zero attached hydrogens (tertiary/aromatic N) is 2. The van der Waals surface area contributed by atoms with Gasteiger partial charge in [-0.25, -0.2) is 4.79 Å². The van der Waals surface area contributed by atoms with Crippen LogP contribution >= 0.6 is 11.8 Å². The third-order valence-corrected chi connectivity index (χ3v) is 5.48. The number of aliphatic hydroxyl groups excluding tert-OH is 2. The molecule has 0 amide bonds. The molecule has 11 heteroatoms. The topological polar surface area (TPSA) is 174 Å². The maximum atomic E-state index is 12.1. The Bertz CT molecular complexity index is 700. The van der Waals surface area contributed by atoms with Crippen molar-refractivity contribution < 1.29 is 24.9 Å². The molecule has 0 bridgehead atoms. The fourth-order valence-electron chi connectivity index (χ4n) is 2.76. The van der Waals surface area contributed by atoms with Crippen LogP contribution in [0.5, 0.6) is 0 Å². The number of carbonyl (C=O) groups is 1. The van der Waals surface area contributed by atoms with E-state index in [1.807, 2.05) is 0 Å². The normalized spacial score (nSPS) is 23.4. The maximum Gasteiger partial charge on any atom is 0.351 e. The number of thioether (sulfide) groups is 1. The van der Waals surface area contributed by atoms with E-state index in [1.165, 1.54) is 4.57 Å². The van der Waals surface area contributed by atoms with Gasteiger partial charge >= 0.3 is 11.7 Å². The van der Waals surface area contributed by atoms with Gasteiger partial charge in [0.2, 0.25) is 0 Å². The summed E-state index contributed by atoms with van der Waals surface area (Å²) in [5.41, 5.74) is 11.4. The van der Waals surface area contributed by atoms with Crippen LogP contribution in [0.2, 0.25) is 0 Å². The van der Waals surface area contributed by atoms with Crippen molar-refractivity contribution in [2.45, 2.75) is 55.9 Å². The standard InChI is InChI=1S/C16H26N4O6S/c17-10(15(23)24)3-1-2-4-27-8-9-6-20(16(25)19-14(9)18)13-5-11(22)12(7-21)26-13/h6,10-13,21-22H,1-5,7-8,17H2,(H,23,24)(H2,18,19,25)/t10-,11-,12+,13+/m0/s1. The second-order valence-corrected chi connectivity index (χ2v) is 7.55. The van der Waals surface area contributed by atoms with Crippen molar-refractivity contribution in [2.75, 3.05) is 18.1 Å². The molecule has 4 atom stereocenters. The Labute approximate surface area is 160 Å². The van der Waals surface area contributed by atoms with Crippen LogP contribution in [0.15, 0.2) is 11.0 Å². The molecule has 1 aliphatic heterocycles. The van der Waals surface area contributed by atoms with Crippen LogP contribution in [0, 0.1) is 0 Å². The molecule has 1 fully saturated rings. The number of aromatic nitrogens is 2. The number of carboxylic acid groups (broad SMARTS) is 1. The number of aliphatic hydroxyl groups is 2. The number of aliphatic carboxylic acids is 1. The number of hydrogen-bond donors (Lipinski definition) is 5. The smallest absolute Gasteiger partial charge is 0.351 e. The van der Waals surface area contributed by atoms with Crippen LogP contribution in [-0.4, -0.2) is 61.4 Å². The number of nitrogens with two attached hydrogens (primary N) is 2. The van der Waals surface area contributed by atoms with E-state index < -0.39 is 36.1 Å². The average molecular weight is 402 g/mol. The van der Waals surface area contributed by atoms with Gasteiger partial charge in [-0.05, 0) is 18.6 Å². The number of hydrogen-bond acceptors (Lipinski definition) is 9. The summed E-state index contributed by atoms with van der Waals surface area (Å²) in [6, 6.07) is -0.831. The highest BCUT2D eigenvalue weighted by Gasteiger charge is 2.35. The molecule has 2 rings (SSSR count). The fourth-order valence-corrected chi connectivity index (χ4v) is 3.76. The molecule has 152 valence electrons. The monoisotopic (exact) mass is 402 g/mol. The Hall–Kier alpha value is -1.66. The summed E-state index contributed by atoms with van der Waals surface area (Å²) in [5, 5.41) is 27.7. The Balaban J connectivity index is 1.88. The molecular formula is C16H26N4O6S. The highest BCUT2D eigenvalue weighted by molar-refractivity contribution is 7.98. The van der Waals surface area contributed by atoms with Gasteiger partial charge in [0.1, 0.15) is 24.2 Å². The summed E-state index contributed by atoms with van der Waals surface area (Å²) < 4.78 is 6.79. The van der Waals surface area contributed by atoms with Gasteiger partial charge in [-0.3, -0.25) is 9.36 Å². The molecule has 1 aromatic heterocycles. The molecule has 27 heavy (non-hydrogen) atoms. The number of anilines is 1. The van der Waals surface area contributed by atoms with E-state index in [-0.39, 0.29) is 18.8 Å². The largest absolute Gasteiger partial charge is 0.480 e. The summed E-state index contributed by atoms with van der Waals surface area (Å²) >= 11 is 1.59.